The van der Waals surface area contributed by atoms with Gasteiger partial charge in [0.2, 0.25) is 0 Å². The molecule has 60 valence electrons. The van der Waals surface area contributed by atoms with Gasteiger partial charge in [0, 0.05) is 0 Å². The Morgan fingerprint density at radius 3 is 2.45 bits per heavy atom. The van der Waals surface area contributed by atoms with E-state index in [1.54, 1.807) is 7.11 Å². The minimum atomic E-state index is 0.896. The molecule has 0 fully saturated rings. The van der Waals surface area contributed by atoms with E-state index < -0.39 is 0 Å². The number of methoxy groups -OCH3 is 1. The van der Waals surface area contributed by atoms with E-state index in [4.69, 9.17) is 4.74 Å². The van der Waals surface area contributed by atoms with Gasteiger partial charge in [-0.3, -0.25) is 0 Å². The van der Waals surface area contributed by atoms with E-state index in [9.17, 15) is 0 Å². The van der Waals surface area contributed by atoms with Crippen molar-refractivity contribution in [3.05, 3.63) is 27.7 Å². The Labute approximate surface area is 75.5 Å². The van der Waals surface area contributed by atoms with Gasteiger partial charge < -0.3 is 4.74 Å². The summed E-state index contributed by atoms with van der Waals surface area (Å²) in [6.45, 7) is 4.15. The molecule has 0 unspecified atom stereocenters. The van der Waals surface area contributed by atoms with Crippen LogP contribution in [0.4, 0.5) is 0 Å². The summed E-state index contributed by atoms with van der Waals surface area (Å²) in [5, 5.41) is 0. The van der Waals surface area contributed by atoms with Gasteiger partial charge in [0.05, 0.1) is 11.6 Å². The maximum atomic E-state index is 5.13. The summed E-state index contributed by atoms with van der Waals surface area (Å²) in [4.78, 5) is 0. The van der Waals surface area contributed by atoms with Gasteiger partial charge in [-0.2, -0.15) is 0 Å². The number of hydrogen-bond acceptors (Lipinski definition) is 1. The van der Waals surface area contributed by atoms with Crippen LogP contribution < -0.4 is 4.74 Å². The lowest BCUT2D eigenvalue weighted by atomic mass is 10.1. The van der Waals surface area contributed by atoms with E-state index in [0.29, 0.717) is 0 Å². The molecule has 0 aliphatic heterocycles. The third kappa shape index (κ3) is 1.56. The van der Waals surface area contributed by atoms with Crippen LogP contribution in [0.1, 0.15) is 11.1 Å². The van der Waals surface area contributed by atoms with Crippen molar-refractivity contribution >= 4 is 15.9 Å². The van der Waals surface area contributed by atoms with Crippen molar-refractivity contribution in [2.75, 3.05) is 7.11 Å². The number of ether oxygens (including phenoxy) is 1. The molecule has 0 atom stereocenters. The summed E-state index contributed by atoms with van der Waals surface area (Å²) in [6, 6.07) is 4.02. The average molecular weight is 215 g/mol. The van der Waals surface area contributed by atoms with Gasteiger partial charge >= 0.3 is 0 Å². The van der Waals surface area contributed by atoms with Crippen LogP contribution in [0.3, 0.4) is 0 Å². The van der Waals surface area contributed by atoms with Crippen LogP contribution in [0.25, 0.3) is 0 Å². The smallest absolute Gasteiger partial charge is 0.133 e. The van der Waals surface area contributed by atoms with E-state index in [2.05, 4.69) is 35.8 Å². The summed E-state index contributed by atoms with van der Waals surface area (Å²) < 4.78 is 6.19. The highest BCUT2D eigenvalue weighted by atomic mass is 79.9. The average Bonchev–Trinajstić information content (AvgIpc) is 2.01. The minimum Gasteiger partial charge on any atom is -0.496 e. The van der Waals surface area contributed by atoms with Crippen molar-refractivity contribution in [2.45, 2.75) is 13.8 Å². The monoisotopic (exact) mass is 214 g/mol. The fraction of sp³-hybridized carbons (Fsp3) is 0.333. The maximum Gasteiger partial charge on any atom is 0.133 e. The maximum absolute atomic E-state index is 5.13. The number of hydrogen-bond donors (Lipinski definition) is 0. The molecule has 0 bridgehead atoms. The molecule has 0 heterocycles. The Morgan fingerprint density at radius 2 is 1.91 bits per heavy atom. The van der Waals surface area contributed by atoms with Crippen LogP contribution >= 0.6 is 15.9 Å². The molecule has 0 amide bonds. The molecule has 1 aromatic rings. The zero-order valence-electron chi connectivity index (χ0n) is 6.94. The Hall–Kier alpha value is -0.500. The molecule has 0 aromatic heterocycles. The lowest BCUT2D eigenvalue weighted by molar-refractivity contribution is 0.411. The molecule has 0 aliphatic carbocycles. The second-order valence-corrected chi connectivity index (χ2v) is 3.32. The predicted molar refractivity (Wildman–Crippen MR) is 50.2 cm³/mol. The van der Waals surface area contributed by atoms with Crippen LogP contribution in [0.5, 0.6) is 5.75 Å². The highest BCUT2D eigenvalue weighted by molar-refractivity contribution is 9.10. The Kier molecular flexibility index (Phi) is 2.55. The highest BCUT2D eigenvalue weighted by Gasteiger charge is 2.03. The first kappa shape index (κ1) is 8.60. The Balaban J connectivity index is 3.25. The normalized spacial score (nSPS) is 9.82. The molecule has 0 saturated heterocycles. The fourth-order valence-corrected chi connectivity index (χ4v) is 1.52. The van der Waals surface area contributed by atoms with Gasteiger partial charge in [0.15, 0.2) is 0 Å². The molecule has 1 rings (SSSR count). The summed E-state index contributed by atoms with van der Waals surface area (Å²) in [7, 11) is 1.68. The summed E-state index contributed by atoms with van der Waals surface area (Å²) >= 11 is 3.47. The van der Waals surface area contributed by atoms with Gasteiger partial charge in [-0.15, -0.1) is 0 Å². The number of rotatable bonds is 1. The van der Waals surface area contributed by atoms with Crippen molar-refractivity contribution in [1.29, 1.82) is 0 Å². The van der Waals surface area contributed by atoms with Gasteiger partial charge in [-0.1, -0.05) is 6.07 Å². The third-order valence-electron chi connectivity index (χ3n) is 1.84. The van der Waals surface area contributed by atoms with Gasteiger partial charge in [0.1, 0.15) is 5.75 Å². The van der Waals surface area contributed by atoms with Crippen molar-refractivity contribution in [3.63, 3.8) is 0 Å². The lowest BCUT2D eigenvalue weighted by Crippen LogP contribution is -1.88. The van der Waals surface area contributed by atoms with E-state index in [1.165, 1.54) is 11.1 Å². The van der Waals surface area contributed by atoms with Crippen LogP contribution in [0.2, 0.25) is 0 Å². The zero-order valence-corrected chi connectivity index (χ0v) is 8.53. The highest BCUT2D eigenvalue weighted by Crippen LogP contribution is 2.29. The number of benzene rings is 1. The van der Waals surface area contributed by atoms with Crippen LogP contribution in [-0.4, -0.2) is 7.11 Å². The Morgan fingerprint density at radius 1 is 1.27 bits per heavy atom. The topological polar surface area (TPSA) is 9.23 Å². The largest absolute Gasteiger partial charge is 0.496 e. The molecule has 0 spiro atoms. The molecular weight excluding hydrogens is 204 g/mol. The van der Waals surface area contributed by atoms with Crippen molar-refractivity contribution < 1.29 is 4.74 Å². The molecule has 1 aromatic carbocycles. The molecule has 0 saturated carbocycles. The van der Waals surface area contributed by atoms with Gasteiger partial charge in [-0.05, 0) is 47.0 Å². The number of halogens is 1. The minimum absolute atomic E-state index is 0.896. The summed E-state index contributed by atoms with van der Waals surface area (Å²) in [5.41, 5.74) is 2.52. The van der Waals surface area contributed by atoms with E-state index in [0.717, 1.165) is 10.2 Å². The molecular formula is C9H11BrO. The fourth-order valence-electron chi connectivity index (χ4n) is 0.914. The number of aryl methyl sites for hydroxylation is 1. The third-order valence-corrected chi connectivity index (χ3v) is 2.83. The van der Waals surface area contributed by atoms with Crippen molar-refractivity contribution in [3.8, 4) is 5.75 Å². The summed E-state index contributed by atoms with van der Waals surface area (Å²) in [5.74, 6) is 0.896. The zero-order chi connectivity index (χ0) is 8.43. The lowest BCUT2D eigenvalue weighted by Gasteiger charge is -2.07. The van der Waals surface area contributed by atoms with E-state index in [-0.39, 0.29) is 0 Å². The predicted octanol–water partition coefficient (Wildman–Crippen LogP) is 3.07. The molecule has 2 heteroatoms. The first-order chi connectivity index (χ1) is 5.16. The Bertz CT molecular complexity index is 269. The standard InChI is InChI=1S/C9H11BrO/c1-6-4-5-8(11-3)9(10)7(6)2/h4-5H,1-3H3. The van der Waals surface area contributed by atoms with Crippen LogP contribution in [-0.2, 0) is 0 Å². The van der Waals surface area contributed by atoms with Crippen LogP contribution in [0, 0.1) is 13.8 Å². The van der Waals surface area contributed by atoms with Crippen molar-refractivity contribution in [1.82, 2.24) is 0 Å². The quantitative estimate of drug-likeness (QED) is 0.699. The SMILES string of the molecule is COc1ccc(C)c(C)c1Br. The first-order valence-electron chi connectivity index (χ1n) is 3.46. The second kappa shape index (κ2) is 3.26. The molecule has 0 radical (unpaired) electrons. The molecule has 0 aliphatic rings. The molecule has 1 nitrogen and oxygen atoms in total. The van der Waals surface area contributed by atoms with E-state index >= 15 is 0 Å². The van der Waals surface area contributed by atoms with E-state index in [1.807, 2.05) is 6.07 Å². The van der Waals surface area contributed by atoms with Crippen molar-refractivity contribution in [2.24, 2.45) is 0 Å². The summed E-state index contributed by atoms with van der Waals surface area (Å²) in [6.07, 6.45) is 0. The van der Waals surface area contributed by atoms with Gasteiger partial charge in [0.25, 0.3) is 0 Å². The molecule has 0 N–H and O–H groups in total. The second-order valence-electron chi connectivity index (χ2n) is 2.52. The van der Waals surface area contributed by atoms with Crippen LogP contribution in [0.15, 0.2) is 16.6 Å². The first-order valence-corrected chi connectivity index (χ1v) is 4.26. The van der Waals surface area contributed by atoms with Gasteiger partial charge in [-0.25, -0.2) is 0 Å². The molecule has 11 heavy (non-hydrogen) atoms.